The number of benzene rings is 2. The van der Waals surface area contributed by atoms with Gasteiger partial charge in [0.05, 0.1) is 32.1 Å². The minimum absolute atomic E-state index is 0.0870. The molecule has 1 N–H and O–H groups in total. The van der Waals surface area contributed by atoms with E-state index in [2.05, 4.69) is 12.2 Å². The van der Waals surface area contributed by atoms with Crippen LogP contribution in [0.1, 0.15) is 43.0 Å². The Morgan fingerprint density at radius 3 is 2.45 bits per heavy atom. The number of anilines is 1. The van der Waals surface area contributed by atoms with E-state index in [1.165, 1.54) is 7.11 Å². The van der Waals surface area contributed by atoms with Crippen molar-refractivity contribution in [2.24, 2.45) is 5.92 Å². The lowest BCUT2D eigenvalue weighted by Gasteiger charge is -2.32. The molecular weight excluding hydrogens is 444 g/mol. The topological polar surface area (TPSA) is 77.1 Å². The van der Waals surface area contributed by atoms with E-state index in [0.717, 1.165) is 12.8 Å². The largest absolute Gasteiger partial charge is 0.497 e. The summed E-state index contributed by atoms with van der Waals surface area (Å²) < 4.78 is 16.5. The van der Waals surface area contributed by atoms with Gasteiger partial charge in [0.15, 0.2) is 0 Å². The van der Waals surface area contributed by atoms with Gasteiger partial charge in [-0.2, -0.15) is 0 Å². The molecule has 0 bridgehead atoms. The zero-order valence-corrected chi connectivity index (χ0v) is 20.1. The summed E-state index contributed by atoms with van der Waals surface area (Å²) in [7, 11) is 3.11. The van der Waals surface area contributed by atoms with E-state index >= 15 is 0 Å². The van der Waals surface area contributed by atoms with Crippen LogP contribution in [-0.2, 0) is 4.79 Å². The summed E-state index contributed by atoms with van der Waals surface area (Å²) in [5.74, 6) is 1.31. The molecule has 0 aromatic heterocycles. The molecule has 0 radical (unpaired) electrons. The number of ether oxygens (including phenoxy) is 3. The number of amides is 2. The van der Waals surface area contributed by atoms with Crippen LogP contribution in [0, 0.1) is 5.92 Å². The second-order valence-corrected chi connectivity index (χ2v) is 8.40. The van der Waals surface area contributed by atoms with Crippen molar-refractivity contribution in [2.75, 3.05) is 39.2 Å². The molecule has 2 amide bonds. The standard InChI is InChI=1S/C25H31ClN2O5/c1-4-5-14-33-23-9-7-19(31-2)16-21(23)27-24(29)17-10-12-28(13-11-17)25(30)20-15-18(26)6-8-22(20)32-3/h6-9,15-17H,4-5,10-14H2,1-3H3,(H,27,29). The second-order valence-electron chi connectivity index (χ2n) is 7.96. The number of unbranched alkanes of at least 4 members (excludes halogenated alkanes) is 1. The lowest BCUT2D eigenvalue weighted by molar-refractivity contribution is -0.121. The average Bonchev–Trinajstić information content (AvgIpc) is 2.84. The fourth-order valence-corrected chi connectivity index (χ4v) is 3.96. The highest BCUT2D eigenvalue weighted by Crippen LogP contribution is 2.31. The number of halogens is 1. The highest BCUT2D eigenvalue weighted by molar-refractivity contribution is 6.31. The third-order valence-electron chi connectivity index (χ3n) is 5.74. The number of rotatable bonds is 9. The van der Waals surface area contributed by atoms with Crippen molar-refractivity contribution < 1.29 is 23.8 Å². The molecule has 0 unspecified atom stereocenters. The van der Waals surface area contributed by atoms with Gasteiger partial charge in [-0.05, 0) is 49.6 Å². The summed E-state index contributed by atoms with van der Waals surface area (Å²) >= 11 is 6.07. The normalized spacial score (nSPS) is 14.0. The molecule has 0 saturated carbocycles. The van der Waals surface area contributed by atoms with Crippen molar-refractivity contribution >= 4 is 29.1 Å². The Morgan fingerprint density at radius 1 is 1.06 bits per heavy atom. The molecule has 0 spiro atoms. The Bertz CT molecular complexity index is 973. The highest BCUT2D eigenvalue weighted by Gasteiger charge is 2.29. The number of hydrogen-bond donors (Lipinski definition) is 1. The predicted molar refractivity (Wildman–Crippen MR) is 129 cm³/mol. The van der Waals surface area contributed by atoms with Gasteiger partial charge in [-0.3, -0.25) is 9.59 Å². The van der Waals surface area contributed by atoms with Crippen LogP contribution in [0.25, 0.3) is 0 Å². The minimum atomic E-state index is -0.204. The van der Waals surface area contributed by atoms with Crippen molar-refractivity contribution in [1.29, 1.82) is 0 Å². The number of carbonyl (C=O) groups is 2. The van der Waals surface area contributed by atoms with Crippen LogP contribution in [0.5, 0.6) is 17.2 Å². The quantitative estimate of drug-likeness (QED) is 0.516. The predicted octanol–water partition coefficient (Wildman–Crippen LogP) is 5.03. The number of nitrogens with one attached hydrogen (secondary N) is 1. The van der Waals surface area contributed by atoms with Crippen molar-refractivity contribution in [3.8, 4) is 17.2 Å². The van der Waals surface area contributed by atoms with Gasteiger partial charge in [0.1, 0.15) is 17.2 Å². The number of piperidine rings is 1. The molecule has 1 aliphatic heterocycles. The lowest BCUT2D eigenvalue weighted by atomic mass is 9.95. The molecule has 1 fully saturated rings. The number of likely N-dealkylation sites (tertiary alicyclic amines) is 1. The summed E-state index contributed by atoms with van der Waals surface area (Å²) in [5, 5.41) is 3.47. The van der Waals surface area contributed by atoms with Crippen LogP contribution in [0.15, 0.2) is 36.4 Å². The Balaban J connectivity index is 1.63. The van der Waals surface area contributed by atoms with E-state index in [-0.39, 0.29) is 17.7 Å². The van der Waals surface area contributed by atoms with Gasteiger partial charge >= 0.3 is 0 Å². The van der Waals surface area contributed by atoms with E-state index in [0.29, 0.717) is 66.1 Å². The monoisotopic (exact) mass is 474 g/mol. The number of hydrogen-bond acceptors (Lipinski definition) is 5. The zero-order valence-electron chi connectivity index (χ0n) is 19.4. The van der Waals surface area contributed by atoms with Crippen LogP contribution < -0.4 is 19.5 Å². The van der Waals surface area contributed by atoms with Gasteiger partial charge in [0.2, 0.25) is 5.91 Å². The summed E-state index contributed by atoms with van der Waals surface area (Å²) in [4.78, 5) is 27.7. The van der Waals surface area contributed by atoms with Crippen LogP contribution in [-0.4, -0.2) is 50.6 Å². The van der Waals surface area contributed by atoms with E-state index in [4.69, 9.17) is 25.8 Å². The number of nitrogens with zero attached hydrogens (tertiary/aromatic N) is 1. The Labute approximate surface area is 200 Å². The first kappa shape index (κ1) is 24.7. The maximum Gasteiger partial charge on any atom is 0.257 e. The van der Waals surface area contributed by atoms with Gasteiger partial charge in [0.25, 0.3) is 5.91 Å². The first-order valence-electron chi connectivity index (χ1n) is 11.2. The molecule has 0 aliphatic carbocycles. The van der Waals surface area contributed by atoms with Gasteiger partial charge in [-0.1, -0.05) is 24.9 Å². The molecule has 0 atom stereocenters. The summed E-state index contributed by atoms with van der Waals surface area (Å²) in [6.45, 7) is 3.63. The summed E-state index contributed by atoms with van der Waals surface area (Å²) in [5.41, 5.74) is 1.02. The van der Waals surface area contributed by atoms with Gasteiger partial charge in [-0.15, -0.1) is 0 Å². The van der Waals surface area contributed by atoms with Crippen LogP contribution in [0.4, 0.5) is 5.69 Å². The summed E-state index contributed by atoms with van der Waals surface area (Å²) in [6.07, 6.45) is 3.09. The minimum Gasteiger partial charge on any atom is -0.497 e. The Hall–Kier alpha value is -2.93. The van der Waals surface area contributed by atoms with Gasteiger partial charge < -0.3 is 24.4 Å². The fraction of sp³-hybridized carbons (Fsp3) is 0.440. The van der Waals surface area contributed by atoms with Crippen molar-refractivity contribution in [3.05, 3.63) is 47.0 Å². The van der Waals surface area contributed by atoms with Crippen molar-refractivity contribution in [3.63, 3.8) is 0 Å². The second kappa shape index (κ2) is 11.8. The molecule has 7 nitrogen and oxygen atoms in total. The average molecular weight is 475 g/mol. The number of carbonyl (C=O) groups excluding carboxylic acids is 2. The SMILES string of the molecule is CCCCOc1ccc(OC)cc1NC(=O)C1CCN(C(=O)c2cc(Cl)ccc2OC)CC1. The molecule has 178 valence electrons. The molecule has 1 heterocycles. The van der Waals surface area contributed by atoms with Crippen molar-refractivity contribution in [2.45, 2.75) is 32.6 Å². The van der Waals surface area contributed by atoms with Gasteiger partial charge in [0, 0.05) is 30.1 Å². The van der Waals surface area contributed by atoms with E-state index in [1.54, 1.807) is 36.3 Å². The first-order chi connectivity index (χ1) is 16.0. The smallest absolute Gasteiger partial charge is 0.257 e. The third-order valence-corrected chi connectivity index (χ3v) is 5.98. The summed E-state index contributed by atoms with van der Waals surface area (Å²) in [6, 6.07) is 10.4. The molecule has 3 rings (SSSR count). The van der Waals surface area contributed by atoms with Crippen LogP contribution >= 0.6 is 11.6 Å². The third kappa shape index (κ3) is 6.32. The Morgan fingerprint density at radius 2 is 1.79 bits per heavy atom. The fourth-order valence-electron chi connectivity index (χ4n) is 3.78. The maximum absolute atomic E-state index is 13.0. The number of methoxy groups -OCH3 is 2. The molecule has 33 heavy (non-hydrogen) atoms. The first-order valence-corrected chi connectivity index (χ1v) is 11.6. The van der Waals surface area contributed by atoms with E-state index in [1.807, 2.05) is 12.1 Å². The van der Waals surface area contributed by atoms with E-state index < -0.39 is 0 Å². The molecule has 1 aliphatic rings. The maximum atomic E-state index is 13.0. The Kier molecular flexibility index (Phi) is 8.83. The molecule has 2 aromatic rings. The van der Waals surface area contributed by atoms with Crippen molar-refractivity contribution in [1.82, 2.24) is 4.90 Å². The molecule has 2 aromatic carbocycles. The molecule has 8 heteroatoms. The van der Waals surface area contributed by atoms with Gasteiger partial charge in [-0.25, -0.2) is 0 Å². The zero-order chi connectivity index (χ0) is 23.8. The van der Waals surface area contributed by atoms with E-state index in [9.17, 15) is 9.59 Å². The lowest BCUT2D eigenvalue weighted by Crippen LogP contribution is -2.41. The molecule has 1 saturated heterocycles. The van der Waals surface area contributed by atoms with Crippen LogP contribution in [0.3, 0.4) is 0 Å². The van der Waals surface area contributed by atoms with Crippen LogP contribution in [0.2, 0.25) is 5.02 Å². The highest BCUT2D eigenvalue weighted by atomic mass is 35.5. The molecular formula is C25H31ClN2O5.